The highest BCUT2D eigenvalue weighted by atomic mass is 16.1. The third-order valence-corrected chi connectivity index (χ3v) is 2.07. The van der Waals surface area contributed by atoms with Gasteiger partial charge in [0.25, 0.3) is 5.91 Å². The molecule has 0 unspecified atom stereocenters. The lowest BCUT2D eigenvalue weighted by Crippen LogP contribution is -2.16. The molecule has 1 amide bonds. The number of hydrogen-bond acceptors (Lipinski definition) is 5. The van der Waals surface area contributed by atoms with Crippen molar-refractivity contribution in [1.82, 2.24) is 9.97 Å². The number of rotatable bonds is 3. The van der Waals surface area contributed by atoms with E-state index in [1.807, 2.05) is 0 Å². The SMILES string of the molecule is NNc1cccc(C(=O)Nc2ccncc2)n1. The van der Waals surface area contributed by atoms with Gasteiger partial charge in [-0.05, 0) is 24.3 Å². The Morgan fingerprint density at radius 3 is 2.65 bits per heavy atom. The quantitative estimate of drug-likeness (QED) is 0.539. The second-order valence-corrected chi connectivity index (χ2v) is 3.24. The number of nitrogens with zero attached hydrogens (tertiary/aromatic N) is 2. The molecule has 0 spiro atoms. The van der Waals surface area contributed by atoms with Crippen LogP contribution < -0.4 is 16.6 Å². The largest absolute Gasteiger partial charge is 0.321 e. The molecule has 2 heterocycles. The molecule has 4 N–H and O–H groups in total. The van der Waals surface area contributed by atoms with Crippen molar-refractivity contribution >= 4 is 17.4 Å². The van der Waals surface area contributed by atoms with Crippen LogP contribution in [0.1, 0.15) is 10.5 Å². The van der Waals surface area contributed by atoms with E-state index in [2.05, 4.69) is 20.7 Å². The molecule has 6 heteroatoms. The van der Waals surface area contributed by atoms with Crippen LogP contribution in [-0.4, -0.2) is 15.9 Å². The van der Waals surface area contributed by atoms with E-state index in [0.717, 1.165) is 0 Å². The number of hydrogen-bond donors (Lipinski definition) is 3. The lowest BCUT2D eigenvalue weighted by molar-refractivity contribution is 0.102. The number of aromatic nitrogens is 2. The van der Waals surface area contributed by atoms with Crippen molar-refractivity contribution in [3.63, 3.8) is 0 Å². The molecule has 0 saturated heterocycles. The average molecular weight is 229 g/mol. The zero-order chi connectivity index (χ0) is 12.1. The summed E-state index contributed by atoms with van der Waals surface area (Å²) in [4.78, 5) is 19.7. The van der Waals surface area contributed by atoms with Gasteiger partial charge in [0.1, 0.15) is 11.5 Å². The maximum atomic E-state index is 11.8. The van der Waals surface area contributed by atoms with E-state index in [9.17, 15) is 4.79 Å². The van der Waals surface area contributed by atoms with Gasteiger partial charge in [-0.3, -0.25) is 9.78 Å². The molecule has 2 aromatic rings. The highest BCUT2D eigenvalue weighted by Gasteiger charge is 2.07. The average Bonchev–Trinajstić information content (AvgIpc) is 2.40. The van der Waals surface area contributed by atoms with Gasteiger partial charge in [-0.1, -0.05) is 6.07 Å². The van der Waals surface area contributed by atoms with Crippen LogP contribution >= 0.6 is 0 Å². The van der Waals surface area contributed by atoms with E-state index >= 15 is 0 Å². The Hall–Kier alpha value is -2.47. The van der Waals surface area contributed by atoms with Crippen LogP contribution in [0.3, 0.4) is 0 Å². The third-order valence-electron chi connectivity index (χ3n) is 2.07. The molecule has 0 aliphatic heterocycles. The summed E-state index contributed by atoms with van der Waals surface area (Å²) in [6.45, 7) is 0. The number of amides is 1. The van der Waals surface area contributed by atoms with Gasteiger partial charge < -0.3 is 10.7 Å². The topological polar surface area (TPSA) is 92.9 Å². The Morgan fingerprint density at radius 2 is 1.94 bits per heavy atom. The predicted octanol–water partition coefficient (Wildman–Crippen LogP) is 1.01. The second-order valence-electron chi connectivity index (χ2n) is 3.24. The second kappa shape index (κ2) is 5.04. The zero-order valence-corrected chi connectivity index (χ0v) is 8.92. The minimum Gasteiger partial charge on any atom is -0.321 e. The molecule has 0 bridgehead atoms. The highest BCUT2D eigenvalue weighted by molar-refractivity contribution is 6.02. The van der Waals surface area contributed by atoms with Crippen molar-refractivity contribution in [1.29, 1.82) is 0 Å². The van der Waals surface area contributed by atoms with Crippen molar-refractivity contribution in [3.8, 4) is 0 Å². The monoisotopic (exact) mass is 229 g/mol. The van der Waals surface area contributed by atoms with Crippen molar-refractivity contribution in [2.75, 3.05) is 10.7 Å². The van der Waals surface area contributed by atoms with Gasteiger partial charge in [0, 0.05) is 18.1 Å². The molecule has 0 aliphatic carbocycles. The van der Waals surface area contributed by atoms with Crippen LogP contribution in [0.2, 0.25) is 0 Å². The van der Waals surface area contributed by atoms with Crippen LogP contribution in [0.5, 0.6) is 0 Å². The van der Waals surface area contributed by atoms with E-state index < -0.39 is 0 Å². The summed E-state index contributed by atoms with van der Waals surface area (Å²) < 4.78 is 0. The Morgan fingerprint density at radius 1 is 1.18 bits per heavy atom. The van der Waals surface area contributed by atoms with E-state index in [-0.39, 0.29) is 11.6 Å². The van der Waals surface area contributed by atoms with Crippen LogP contribution in [0.25, 0.3) is 0 Å². The summed E-state index contributed by atoms with van der Waals surface area (Å²) >= 11 is 0. The van der Waals surface area contributed by atoms with Gasteiger partial charge in [0.15, 0.2) is 0 Å². The molecule has 0 fully saturated rings. The van der Waals surface area contributed by atoms with Crippen LogP contribution in [0, 0.1) is 0 Å². The van der Waals surface area contributed by atoms with Crippen LogP contribution in [0.15, 0.2) is 42.7 Å². The summed E-state index contributed by atoms with van der Waals surface area (Å²) in [7, 11) is 0. The Kier molecular flexibility index (Phi) is 3.27. The Labute approximate surface area is 97.9 Å². The smallest absolute Gasteiger partial charge is 0.274 e. The summed E-state index contributed by atoms with van der Waals surface area (Å²) in [5.41, 5.74) is 3.34. The van der Waals surface area contributed by atoms with Crippen molar-refractivity contribution in [2.24, 2.45) is 5.84 Å². The standard InChI is InChI=1S/C11H11N5O/c12-16-10-3-1-2-9(15-10)11(17)14-8-4-6-13-7-5-8/h1-7H,12H2,(H,15,16)(H,13,14,17). The number of carbonyl (C=O) groups excluding carboxylic acids is 1. The number of hydrazine groups is 1. The molecule has 0 saturated carbocycles. The van der Waals surface area contributed by atoms with Crippen molar-refractivity contribution < 1.29 is 4.79 Å². The van der Waals surface area contributed by atoms with E-state index in [1.165, 1.54) is 0 Å². The normalized spacial score (nSPS) is 9.71. The first kappa shape index (κ1) is 11.0. The van der Waals surface area contributed by atoms with Crippen molar-refractivity contribution in [2.45, 2.75) is 0 Å². The first-order valence-corrected chi connectivity index (χ1v) is 4.94. The van der Waals surface area contributed by atoms with E-state index in [0.29, 0.717) is 11.5 Å². The summed E-state index contributed by atoms with van der Waals surface area (Å²) in [6, 6.07) is 8.37. The van der Waals surface area contributed by atoms with Gasteiger partial charge in [-0.15, -0.1) is 0 Å². The minimum atomic E-state index is -0.298. The number of pyridine rings is 2. The van der Waals surface area contributed by atoms with E-state index in [4.69, 9.17) is 5.84 Å². The molecule has 0 aromatic carbocycles. The molecule has 86 valence electrons. The van der Waals surface area contributed by atoms with Crippen LogP contribution in [0.4, 0.5) is 11.5 Å². The fourth-order valence-corrected chi connectivity index (χ4v) is 1.27. The highest BCUT2D eigenvalue weighted by Crippen LogP contribution is 2.08. The van der Waals surface area contributed by atoms with E-state index in [1.54, 1.807) is 42.7 Å². The molecule has 17 heavy (non-hydrogen) atoms. The maximum absolute atomic E-state index is 11.8. The fraction of sp³-hybridized carbons (Fsp3) is 0. The number of nitrogens with two attached hydrogens (primary N) is 1. The molecule has 0 radical (unpaired) electrons. The van der Waals surface area contributed by atoms with Gasteiger partial charge >= 0.3 is 0 Å². The first-order chi connectivity index (χ1) is 8.29. The lowest BCUT2D eigenvalue weighted by atomic mass is 10.3. The lowest BCUT2D eigenvalue weighted by Gasteiger charge is -2.05. The van der Waals surface area contributed by atoms with Gasteiger partial charge in [0.05, 0.1) is 0 Å². The third kappa shape index (κ3) is 2.76. The number of nitrogen functional groups attached to an aromatic ring is 1. The number of carbonyl (C=O) groups is 1. The Balaban J connectivity index is 2.14. The summed E-state index contributed by atoms with van der Waals surface area (Å²) in [6.07, 6.45) is 3.20. The fourth-order valence-electron chi connectivity index (χ4n) is 1.27. The van der Waals surface area contributed by atoms with Gasteiger partial charge in [-0.2, -0.15) is 0 Å². The first-order valence-electron chi connectivity index (χ1n) is 4.94. The molecular formula is C11H11N5O. The van der Waals surface area contributed by atoms with Crippen LogP contribution in [-0.2, 0) is 0 Å². The zero-order valence-electron chi connectivity index (χ0n) is 8.92. The molecular weight excluding hydrogens is 218 g/mol. The summed E-state index contributed by atoms with van der Waals surface area (Å²) in [5.74, 6) is 5.36. The molecule has 0 aliphatic rings. The predicted molar refractivity (Wildman–Crippen MR) is 64.2 cm³/mol. The van der Waals surface area contributed by atoms with Crippen molar-refractivity contribution in [3.05, 3.63) is 48.4 Å². The number of nitrogens with one attached hydrogen (secondary N) is 2. The number of anilines is 2. The van der Waals surface area contributed by atoms with Gasteiger partial charge in [-0.25, -0.2) is 10.8 Å². The molecule has 2 aromatic heterocycles. The Bertz CT molecular complexity index is 514. The molecule has 2 rings (SSSR count). The maximum Gasteiger partial charge on any atom is 0.274 e. The molecule has 6 nitrogen and oxygen atoms in total. The summed E-state index contributed by atoms with van der Waals surface area (Å²) in [5, 5.41) is 2.70. The minimum absolute atomic E-state index is 0.289. The van der Waals surface area contributed by atoms with Gasteiger partial charge in [0.2, 0.25) is 0 Å². The molecule has 0 atom stereocenters.